The van der Waals surface area contributed by atoms with Crippen LogP contribution in [0.3, 0.4) is 0 Å². The molecule has 13 N–H and O–H groups in total. The Kier molecular flexibility index (Phi) is 15.6. The summed E-state index contributed by atoms with van der Waals surface area (Å²) in [5, 5.41) is 25.3. The van der Waals surface area contributed by atoms with E-state index in [1.807, 2.05) is 0 Å². The van der Waals surface area contributed by atoms with E-state index in [0.717, 1.165) is 0 Å². The molecule has 0 bridgehead atoms. The summed E-state index contributed by atoms with van der Waals surface area (Å²) in [6, 6.07) is -4.64. The highest BCUT2D eigenvalue weighted by Crippen LogP contribution is 2.04. The van der Waals surface area contributed by atoms with Gasteiger partial charge in [-0.25, -0.2) is 4.79 Å². The summed E-state index contributed by atoms with van der Waals surface area (Å²) in [6.07, 6.45) is 1.94. The van der Waals surface area contributed by atoms with Gasteiger partial charge in [-0.15, -0.1) is 0 Å². The van der Waals surface area contributed by atoms with Gasteiger partial charge in [0.1, 0.15) is 18.1 Å². The van der Waals surface area contributed by atoms with Gasteiger partial charge in [-0.2, -0.15) is 12.6 Å². The molecule has 15 heteroatoms. The number of hydrogen-bond acceptors (Lipinski definition) is 9. The van der Waals surface area contributed by atoms with E-state index in [4.69, 9.17) is 33.1 Å². The van der Waals surface area contributed by atoms with E-state index in [-0.39, 0.29) is 24.6 Å². The van der Waals surface area contributed by atoms with Crippen LogP contribution in [0.25, 0.3) is 0 Å². The van der Waals surface area contributed by atoms with Crippen molar-refractivity contribution < 1.29 is 29.4 Å². The standard InChI is InChI=1S/C18H36N8O6S/c19-6-2-1-5-11(15(29)25-12(8-27)17(31)32)24-16(30)13(9-33)26-14(28)10(20)4-3-7-23-18(21)22/h10-13,27,33H,1-9,19-20H2,(H,24,30)(H,25,29)(H,26,28)(H,31,32)(H4,21,22,23). The molecule has 0 aliphatic carbocycles. The molecule has 14 nitrogen and oxygen atoms in total. The number of guanidine groups is 1. The predicted molar refractivity (Wildman–Crippen MR) is 125 cm³/mol. The molecular formula is C18H36N8O6S. The van der Waals surface area contributed by atoms with Crippen LogP contribution in [-0.4, -0.2) is 89.5 Å². The number of thiol groups is 1. The molecular weight excluding hydrogens is 456 g/mol. The fraction of sp³-hybridized carbons (Fsp3) is 0.722. The van der Waals surface area contributed by atoms with E-state index in [0.29, 0.717) is 32.4 Å². The van der Waals surface area contributed by atoms with Crippen LogP contribution in [0.5, 0.6) is 0 Å². The van der Waals surface area contributed by atoms with Crippen molar-refractivity contribution in [3.63, 3.8) is 0 Å². The van der Waals surface area contributed by atoms with Crippen LogP contribution in [0, 0.1) is 0 Å². The summed E-state index contributed by atoms with van der Waals surface area (Å²) < 4.78 is 0. The monoisotopic (exact) mass is 492 g/mol. The second-order valence-corrected chi connectivity index (χ2v) is 7.59. The molecule has 0 radical (unpaired) electrons. The Bertz CT molecular complexity index is 676. The van der Waals surface area contributed by atoms with Crippen molar-refractivity contribution in [3.05, 3.63) is 0 Å². The highest BCUT2D eigenvalue weighted by molar-refractivity contribution is 7.80. The molecule has 0 spiro atoms. The molecule has 190 valence electrons. The van der Waals surface area contributed by atoms with Crippen molar-refractivity contribution in [2.45, 2.75) is 56.3 Å². The first kappa shape index (κ1) is 30.4. The Balaban J connectivity index is 5.05. The lowest BCUT2D eigenvalue weighted by atomic mass is 10.1. The smallest absolute Gasteiger partial charge is 0.328 e. The van der Waals surface area contributed by atoms with E-state index >= 15 is 0 Å². The van der Waals surface area contributed by atoms with Crippen LogP contribution < -0.4 is 38.9 Å². The van der Waals surface area contributed by atoms with Crippen LogP contribution in [0.4, 0.5) is 0 Å². The maximum atomic E-state index is 12.7. The van der Waals surface area contributed by atoms with Gasteiger partial charge in [0.2, 0.25) is 17.7 Å². The normalized spacial score (nSPS) is 14.3. The molecule has 0 aromatic carbocycles. The van der Waals surface area contributed by atoms with Crippen molar-refractivity contribution >= 4 is 42.3 Å². The Morgan fingerprint density at radius 2 is 1.45 bits per heavy atom. The highest BCUT2D eigenvalue weighted by atomic mass is 32.1. The summed E-state index contributed by atoms with van der Waals surface area (Å²) in [4.78, 5) is 52.3. The number of aliphatic carboxylic acids is 1. The fourth-order valence-corrected chi connectivity index (χ4v) is 2.87. The number of nitrogens with zero attached hydrogens (tertiary/aromatic N) is 1. The zero-order chi connectivity index (χ0) is 25.4. The predicted octanol–water partition coefficient (Wildman–Crippen LogP) is -4.04. The molecule has 4 atom stereocenters. The largest absolute Gasteiger partial charge is 0.480 e. The van der Waals surface area contributed by atoms with Gasteiger partial charge in [0, 0.05) is 12.3 Å². The lowest BCUT2D eigenvalue weighted by molar-refractivity contribution is -0.143. The number of rotatable bonds is 17. The van der Waals surface area contributed by atoms with E-state index in [9.17, 15) is 19.2 Å². The quantitative estimate of drug-likeness (QED) is 0.0406. The lowest BCUT2D eigenvalue weighted by Crippen LogP contribution is -2.58. The van der Waals surface area contributed by atoms with Crippen molar-refractivity contribution in [1.82, 2.24) is 16.0 Å². The summed E-state index contributed by atoms with van der Waals surface area (Å²) in [6.45, 7) is -0.154. The summed E-state index contributed by atoms with van der Waals surface area (Å²) in [5.74, 6) is -3.66. The van der Waals surface area contributed by atoms with Gasteiger partial charge < -0.3 is 49.1 Å². The second kappa shape index (κ2) is 16.9. The summed E-state index contributed by atoms with van der Waals surface area (Å²) >= 11 is 4.07. The van der Waals surface area contributed by atoms with Gasteiger partial charge in [-0.3, -0.25) is 19.4 Å². The third-order valence-corrected chi connectivity index (χ3v) is 4.86. The lowest BCUT2D eigenvalue weighted by Gasteiger charge is -2.24. The third kappa shape index (κ3) is 12.9. The van der Waals surface area contributed by atoms with E-state index < -0.39 is 54.5 Å². The van der Waals surface area contributed by atoms with Crippen molar-refractivity contribution in [2.75, 3.05) is 25.4 Å². The van der Waals surface area contributed by atoms with Crippen LogP contribution in [0.1, 0.15) is 32.1 Å². The van der Waals surface area contributed by atoms with E-state index in [2.05, 4.69) is 33.6 Å². The molecule has 0 aliphatic rings. The van der Waals surface area contributed by atoms with Crippen molar-refractivity contribution in [1.29, 1.82) is 0 Å². The van der Waals surface area contributed by atoms with Gasteiger partial charge in [-0.05, 0) is 38.6 Å². The Labute approximate surface area is 197 Å². The van der Waals surface area contributed by atoms with Gasteiger partial charge in [-0.1, -0.05) is 0 Å². The number of carbonyl (C=O) groups excluding carboxylic acids is 3. The Morgan fingerprint density at radius 3 is 1.97 bits per heavy atom. The van der Waals surface area contributed by atoms with Crippen LogP contribution in [0.2, 0.25) is 0 Å². The first-order valence-electron chi connectivity index (χ1n) is 10.4. The number of aliphatic hydroxyl groups excluding tert-OH is 1. The van der Waals surface area contributed by atoms with Gasteiger partial charge >= 0.3 is 5.97 Å². The minimum absolute atomic E-state index is 0.0708. The van der Waals surface area contributed by atoms with Gasteiger partial charge in [0.05, 0.1) is 12.6 Å². The maximum Gasteiger partial charge on any atom is 0.328 e. The number of aliphatic imine (C=N–C) groups is 1. The summed E-state index contributed by atoms with van der Waals surface area (Å²) in [5.41, 5.74) is 21.7. The molecule has 0 aromatic heterocycles. The zero-order valence-corrected chi connectivity index (χ0v) is 19.3. The van der Waals surface area contributed by atoms with E-state index in [1.165, 1.54) is 0 Å². The molecule has 0 heterocycles. The number of carbonyl (C=O) groups is 4. The number of unbranched alkanes of at least 4 members (excludes halogenated alkanes) is 1. The van der Waals surface area contributed by atoms with E-state index in [1.54, 1.807) is 0 Å². The zero-order valence-electron chi connectivity index (χ0n) is 18.4. The molecule has 4 unspecified atom stereocenters. The minimum atomic E-state index is -1.52. The molecule has 0 aliphatic heterocycles. The minimum Gasteiger partial charge on any atom is -0.480 e. The Hall–Kier alpha value is -2.62. The molecule has 0 saturated heterocycles. The first-order valence-corrected chi connectivity index (χ1v) is 11.1. The first-order chi connectivity index (χ1) is 15.6. The summed E-state index contributed by atoms with van der Waals surface area (Å²) in [7, 11) is 0. The van der Waals surface area contributed by atoms with Crippen molar-refractivity contribution in [3.8, 4) is 0 Å². The molecule has 0 fully saturated rings. The number of nitrogens with one attached hydrogen (secondary N) is 3. The topological polar surface area (TPSA) is 261 Å². The van der Waals surface area contributed by atoms with Crippen LogP contribution in [-0.2, 0) is 19.2 Å². The molecule has 3 amide bonds. The number of hydrogen-bond donors (Lipinski definition) is 10. The molecule has 0 rings (SSSR count). The van der Waals surface area contributed by atoms with Crippen molar-refractivity contribution in [2.24, 2.45) is 27.9 Å². The SMILES string of the molecule is NCCCCC(NC(=O)C(CS)NC(=O)C(N)CCCN=C(N)N)C(=O)NC(CO)C(=O)O. The van der Waals surface area contributed by atoms with Gasteiger partial charge in [0.25, 0.3) is 0 Å². The molecule has 33 heavy (non-hydrogen) atoms. The second-order valence-electron chi connectivity index (χ2n) is 7.23. The number of carboxylic acids is 1. The third-order valence-electron chi connectivity index (χ3n) is 4.50. The maximum absolute atomic E-state index is 12.7. The highest BCUT2D eigenvalue weighted by Gasteiger charge is 2.29. The average Bonchev–Trinajstić information content (AvgIpc) is 2.76. The molecule has 0 saturated carbocycles. The Morgan fingerprint density at radius 1 is 0.879 bits per heavy atom. The number of nitrogens with two attached hydrogens (primary N) is 4. The number of amides is 3. The average molecular weight is 493 g/mol. The number of carboxylic acid groups (broad SMARTS) is 1. The van der Waals surface area contributed by atoms with Crippen LogP contribution in [0.15, 0.2) is 4.99 Å². The molecule has 0 aromatic rings. The fourth-order valence-electron chi connectivity index (χ4n) is 2.62. The van der Waals surface area contributed by atoms with Gasteiger partial charge in [0.15, 0.2) is 5.96 Å². The van der Waals surface area contributed by atoms with Crippen LogP contribution >= 0.6 is 12.6 Å². The number of aliphatic hydroxyl groups is 1.